The molecule has 1 unspecified atom stereocenters. The highest BCUT2D eigenvalue weighted by atomic mass is 32.2. The number of likely N-dealkylation sites (N-methyl/N-ethyl adjacent to an activating group) is 10. The van der Waals surface area contributed by atoms with Gasteiger partial charge in [-0.25, -0.2) is 19.5 Å². The van der Waals surface area contributed by atoms with E-state index in [9.17, 15) is 72.5 Å². The summed E-state index contributed by atoms with van der Waals surface area (Å²) in [6.45, 7) is 11.1. The molecule has 1 aliphatic carbocycles. The van der Waals surface area contributed by atoms with Gasteiger partial charge in [0, 0.05) is 224 Å². The maximum Gasteiger partial charge on any atom is 0.440 e. The predicted molar refractivity (Wildman–Crippen MR) is 485 cm³/mol. The zero-order valence-corrected chi connectivity index (χ0v) is 79.7. The summed E-state index contributed by atoms with van der Waals surface area (Å²) < 4.78 is 64.0. The third-order valence-corrected chi connectivity index (χ3v) is 18.7. The number of imide groups is 2. The third kappa shape index (κ3) is 44.6. The fraction of sp³-hybridized carbons (Fsp3) is 0.575. The summed E-state index contributed by atoms with van der Waals surface area (Å²) in [6, 6.07) is -0.500. The first-order valence-corrected chi connectivity index (χ1v) is 41.1. The molecule has 59 nitrogen and oxygen atoms in total. The largest absolute Gasteiger partial charge is 0.504 e. The molecule has 0 saturated carbocycles. The summed E-state index contributed by atoms with van der Waals surface area (Å²) in [5.74, 6) is -2.52. The number of methoxy groups -OCH3 is 10. The Morgan fingerprint density at radius 3 is 1.51 bits per heavy atom. The number of rotatable bonds is 41. The zero-order chi connectivity index (χ0) is 101. The van der Waals surface area contributed by atoms with E-state index in [1.54, 1.807) is 138 Å². The van der Waals surface area contributed by atoms with E-state index in [2.05, 4.69) is 95.8 Å². The van der Waals surface area contributed by atoms with Crippen molar-refractivity contribution in [3.05, 3.63) is 105 Å². The van der Waals surface area contributed by atoms with Gasteiger partial charge in [0.15, 0.2) is 28.8 Å². The van der Waals surface area contributed by atoms with Crippen molar-refractivity contribution in [2.45, 2.75) is 11.9 Å². The molecule has 0 spiro atoms. The topological polar surface area (TPSA) is 736 Å². The SMILES string of the molecule is COCCN(C)C(=O)NCc1nn[nH]n1.COCCN(C)C(=O)Nc1nn[nH]n1.COCCN(C)C1=C(O)C(=O)NC1=O.COCCN(C)C1=CC(=O)C=C(O)C1=O.COCCN(C)C1SC(=O)NC1=O.COCCN(C)c1c(O)c(=O)c1=O.COCCN(C)c1cocc(O)c1=O.COCCN(C)c1n[nH]c(N)n1.COCCN(C)c1noc(=O)[nH]1.COCCN(C)c1ns[nH]c1=O. The maximum absolute atomic E-state index is 11.5. The van der Waals surface area contributed by atoms with Gasteiger partial charge in [-0.1, -0.05) is 10.3 Å². The van der Waals surface area contributed by atoms with Gasteiger partial charge in [0.25, 0.3) is 39.8 Å². The van der Waals surface area contributed by atoms with Crippen molar-refractivity contribution in [1.82, 2.24) is 116 Å². The molecule has 134 heavy (non-hydrogen) atoms. The first-order chi connectivity index (χ1) is 63.7. The number of nitrogens with one attached hydrogen (secondary N) is 9. The average Bonchev–Trinajstić information content (AvgIpc) is 1.08. The van der Waals surface area contributed by atoms with Crippen LogP contribution in [-0.2, 0) is 77.9 Å². The number of aromatic hydroxyl groups is 2. The normalized spacial score (nSPS) is 12.6. The van der Waals surface area contributed by atoms with Crippen molar-refractivity contribution >= 4 is 111 Å². The number of ether oxygens (including phenoxy) is 10. The number of carbonyl (C=O) groups excluding carboxylic acids is 8. The molecule has 0 radical (unpaired) electrons. The van der Waals surface area contributed by atoms with E-state index in [0.29, 0.717) is 160 Å². The second-order valence-corrected chi connectivity index (χ2v) is 28.7. The van der Waals surface area contributed by atoms with Crippen molar-refractivity contribution in [1.29, 1.82) is 0 Å². The van der Waals surface area contributed by atoms with Crippen molar-refractivity contribution in [3.8, 4) is 11.5 Å². The van der Waals surface area contributed by atoms with Gasteiger partial charge in [0.2, 0.25) is 46.4 Å². The van der Waals surface area contributed by atoms with Gasteiger partial charge < -0.3 is 127 Å². The number of Topliss-reactive ketones (excluding diaryl/α,β-unsaturated/α-hetero) is 1. The number of hydrogen-bond donors (Lipinski definition) is 14. The second kappa shape index (κ2) is 66.8. The molecule has 10 rings (SSSR count). The first kappa shape index (κ1) is 119. The molecule has 8 amide bonds. The van der Waals surface area contributed by atoms with Crippen LogP contribution < -0.4 is 79.1 Å². The van der Waals surface area contributed by atoms with E-state index in [4.69, 9.17) is 67.7 Å². The van der Waals surface area contributed by atoms with Crippen LogP contribution in [0.2, 0.25) is 0 Å². The number of hydrogen-bond acceptors (Lipinski definition) is 50. The lowest BCUT2D eigenvalue weighted by atomic mass is 10.1. The first-order valence-electron chi connectivity index (χ1n) is 39.4. The Bertz CT molecular complexity index is 4940. The zero-order valence-electron chi connectivity index (χ0n) is 78.1. The van der Waals surface area contributed by atoms with Crippen molar-refractivity contribution < 1.29 is 115 Å². The molecule has 2 aliphatic heterocycles. The molecule has 6 aromatic heterocycles. The van der Waals surface area contributed by atoms with Gasteiger partial charge in [-0.3, -0.25) is 82.7 Å². The molecule has 15 N–H and O–H groups in total. The molecule has 3 aliphatic rings. The summed E-state index contributed by atoms with van der Waals surface area (Å²) in [5.41, 5.74) is 3.94. The number of tetrazole rings is 2. The predicted octanol–water partition coefficient (Wildman–Crippen LogP) is -4.47. The Morgan fingerprint density at radius 2 is 1.04 bits per heavy atom. The molecular weight excluding hydrogens is 1830 g/mol. The van der Waals surface area contributed by atoms with E-state index in [1.165, 1.54) is 46.2 Å². The van der Waals surface area contributed by atoms with Crippen molar-refractivity contribution in [2.75, 3.05) is 309 Å². The van der Waals surface area contributed by atoms with E-state index in [0.717, 1.165) is 42.4 Å². The fourth-order valence-electron chi connectivity index (χ4n) is 9.27. The Morgan fingerprint density at radius 1 is 0.537 bits per heavy atom. The summed E-state index contributed by atoms with van der Waals surface area (Å²) in [5, 5.41) is 80.9. The van der Waals surface area contributed by atoms with Gasteiger partial charge in [0.05, 0.1) is 78.3 Å². The van der Waals surface area contributed by atoms with Crippen LogP contribution in [-0.4, -0.2) is 445 Å². The average molecular weight is 1950 g/mol. The number of urea groups is 2. The Kier molecular flexibility index (Phi) is 59.1. The van der Waals surface area contributed by atoms with Gasteiger partial charge in [-0.15, -0.1) is 20.4 Å². The third-order valence-electron chi connectivity index (χ3n) is 17.1. The van der Waals surface area contributed by atoms with E-state index >= 15 is 0 Å². The number of aliphatic hydroxyl groups excluding tert-OH is 2. The van der Waals surface area contributed by atoms with Crippen LogP contribution in [0.15, 0.2) is 80.5 Å². The summed E-state index contributed by atoms with van der Waals surface area (Å²) in [7, 11) is 33.0. The Hall–Kier alpha value is -13.5. The van der Waals surface area contributed by atoms with Crippen molar-refractivity contribution in [3.63, 3.8) is 0 Å². The van der Waals surface area contributed by atoms with E-state index in [1.807, 2.05) is 24.3 Å². The van der Waals surface area contributed by atoms with Gasteiger partial charge in [-0.2, -0.15) is 19.8 Å². The smallest absolute Gasteiger partial charge is 0.440 e. The highest BCUT2D eigenvalue weighted by molar-refractivity contribution is 8.15. The molecule has 1 aromatic carbocycles. The van der Waals surface area contributed by atoms with Crippen LogP contribution in [0.5, 0.6) is 11.5 Å². The Labute approximate surface area is 775 Å². The number of anilines is 7. The number of nitrogens with zero attached hydrogens (tertiary/aromatic N) is 20. The lowest BCUT2D eigenvalue weighted by molar-refractivity contribution is -0.125. The fourth-order valence-corrected chi connectivity index (χ4v) is 10.6. The highest BCUT2D eigenvalue weighted by Crippen LogP contribution is 2.22. The maximum atomic E-state index is 11.5. The number of carbonyl (C=O) groups is 8. The number of H-pyrrole nitrogens is 5. The van der Waals surface area contributed by atoms with Crippen LogP contribution >= 0.6 is 23.5 Å². The minimum atomic E-state index is -0.806. The molecule has 1 fully saturated rings. The monoisotopic (exact) mass is 1950 g/mol. The summed E-state index contributed by atoms with van der Waals surface area (Å²) >= 11 is 2.06. The number of aromatic nitrogens is 15. The van der Waals surface area contributed by atoms with Gasteiger partial charge in [-0.05, 0) is 29.2 Å². The lowest BCUT2D eigenvalue weighted by Crippen LogP contribution is -2.39. The second-order valence-electron chi connectivity index (χ2n) is 27.1. The van der Waals surface area contributed by atoms with E-state index < -0.39 is 62.3 Å². The number of aromatic amines is 5. The molecule has 8 heterocycles. The number of amides is 8. The molecule has 1 atom stereocenters. The lowest BCUT2D eigenvalue weighted by Gasteiger charge is -2.22. The molecule has 0 bridgehead atoms. The number of thioether (sulfide) groups is 1. The molecule has 1 saturated heterocycles. The van der Waals surface area contributed by atoms with Gasteiger partial charge in [0.1, 0.15) is 29.3 Å². The van der Waals surface area contributed by atoms with Gasteiger partial charge >= 0.3 is 23.4 Å². The molecule has 61 heteroatoms. The number of ketones is 2. The number of nitrogen functional groups attached to an aromatic ring is 1. The number of allylic oxidation sites excluding steroid dienone is 2. The van der Waals surface area contributed by atoms with Crippen LogP contribution in [0.3, 0.4) is 0 Å². The number of aliphatic hydroxyl groups is 2. The van der Waals surface area contributed by atoms with Crippen LogP contribution in [0.1, 0.15) is 5.82 Å². The van der Waals surface area contributed by atoms with Crippen LogP contribution in [0, 0.1) is 0 Å². The standard InChI is InChI=1S/C10H13NO4.C9H13NO4.C8H12N2O4.C8H11NO4.C7H14N6O2.C7H12N2O3S.C6H12N6O2.C6H13N5O.C6H11N3O3.C6H11N3O2S/c1-11(3-4-15-2)8-5-7(12)6-9(13)10(8)14;1-10(3-4-13-2)7-5-14-6-8(11)9(7)12;1-10(3-4-14-2)5-6(11)8(13)9-7(5)12;1-9(3-4-13-2)5-6(10)8(12)7(5)11;1-13(3-4-15-2)7(14)8-5-6-9-11-12-10-6;1-9(3-4-12-2)6-5(10)8-7(11)13-6;1-12(3-4-14-2)6(13)7-5-8-10-11-9-5;1-11(3-4-12-2)6-8-5(7)9-10-6;1-9(3-4-11-2)5-7-6(10)12-8-5;1-9(3-4-11-2)5-6(10)8-12-7-5/h5-6,13H,3-4H2,1-2H3;5-6,11H,3-4H2,1-2H3;3-4H2,1-2H3,(H2,9,11,12,13);10H,3-4H2,1-2H3;3-5H2,1-2H3,(H,8,14)(H,9,10,11,12);6H,3-4H2,1-2H3,(H,8,10,11);3-4H2,1-2H3,(H2,7,8,9,10,11,13);3-4H2,1-2H3,(H3,7,8,9,10);3-4H2,1-2H3,(H,7,8,10);3-4H2,1-2H3,(H,8,10). The molecule has 750 valence electrons. The highest BCUT2D eigenvalue weighted by Gasteiger charge is 2.35. The minimum absolute atomic E-state index is 0.00736. The van der Waals surface area contributed by atoms with Crippen LogP contribution in [0.4, 0.5) is 55.4 Å². The number of nitrogens with two attached hydrogens (primary N) is 1. The van der Waals surface area contributed by atoms with Crippen molar-refractivity contribution in [2.24, 2.45) is 0 Å². The Balaban J connectivity index is 0.000000745. The minimum Gasteiger partial charge on any atom is -0.504 e. The molecule has 7 aromatic rings. The summed E-state index contributed by atoms with van der Waals surface area (Å²) in [4.78, 5) is 167. The molecular formula is C73H122N30O29S2. The van der Waals surface area contributed by atoms with Crippen LogP contribution in [0.25, 0.3) is 0 Å². The summed E-state index contributed by atoms with van der Waals surface area (Å²) in [6.07, 6.45) is 4.43. The quantitative estimate of drug-likeness (QED) is 0.00976. The van der Waals surface area contributed by atoms with E-state index in [-0.39, 0.29) is 69.9 Å².